The van der Waals surface area contributed by atoms with E-state index < -0.39 is 0 Å². The standard InChI is InChI=1S/C17H18NO.Li/c1-13-16(14-9-5-3-6-10-14)19-17(18(13)2)15-11-7-4-8-12-15;/h3-11,13,16-17H,1-2H3;/q-1;+1/t13-,16+,17-;/m0./s1. The van der Waals surface area contributed by atoms with Crippen LogP contribution in [-0.2, 0) is 4.74 Å². The maximum Gasteiger partial charge on any atom is 1.00 e. The monoisotopic (exact) mass is 259 g/mol. The molecule has 1 heterocycles. The van der Waals surface area contributed by atoms with Crippen LogP contribution in [0.2, 0.25) is 0 Å². The minimum atomic E-state index is -0.0126. The van der Waals surface area contributed by atoms with Crippen LogP contribution in [0.5, 0.6) is 0 Å². The van der Waals surface area contributed by atoms with Crippen LogP contribution in [0.15, 0.2) is 54.6 Å². The van der Waals surface area contributed by atoms with E-state index in [2.05, 4.69) is 55.3 Å². The number of likely N-dealkylation sites (N-methyl/N-ethyl adjacent to an activating group) is 1. The Hall–Kier alpha value is -1.04. The Bertz CT molecular complexity index is 482. The van der Waals surface area contributed by atoms with Crippen LogP contribution >= 0.6 is 0 Å². The van der Waals surface area contributed by atoms with Crippen molar-refractivity contribution in [2.45, 2.75) is 25.3 Å². The fourth-order valence-corrected chi connectivity index (χ4v) is 2.63. The van der Waals surface area contributed by atoms with Crippen molar-refractivity contribution in [1.82, 2.24) is 4.90 Å². The Morgan fingerprint density at radius 3 is 2.40 bits per heavy atom. The van der Waals surface area contributed by atoms with Crippen LogP contribution in [0.4, 0.5) is 0 Å². The summed E-state index contributed by atoms with van der Waals surface area (Å²) in [5.41, 5.74) is 2.33. The third kappa shape index (κ3) is 2.85. The molecule has 3 rings (SSSR count). The molecule has 1 aliphatic rings. The Morgan fingerprint density at radius 2 is 1.75 bits per heavy atom. The molecule has 3 heteroatoms. The fourth-order valence-electron chi connectivity index (χ4n) is 2.63. The third-order valence-corrected chi connectivity index (χ3v) is 3.85. The van der Waals surface area contributed by atoms with Crippen molar-refractivity contribution in [3.05, 3.63) is 71.8 Å². The molecule has 0 spiro atoms. The largest absolute Gasteiger partial charge is 1.00 e. The van der Waals surface area contributed by atoms with Crippen LogP contribution < -0.4 is 18.9 Å². The second-order valence-electron chi connectivity index (χ2n) is 5.04. The molecule has 2 aromatic rings. The smallest absolute Gasteiger partial charge is 0.352 e. The van der Waals surface area contributed by atoms with Gasteiger partial charge in [0, 0.05) is 6.04 Å². The van der Waals surface area contributed by atoms with Gasteiger partial charge in [-0.05, 0) is 19.5 Å². The van der Waals surface area contributed by atoms with Crippen LogP contribution in [0, 0.1) is 6.07 Å². The number of rotatable bonds is 2. The molecule has 0 aliphatic carbocycles. The van der Waals surface area contributed by atoms with Gasteiger partial charge < -0.3 is 4.74 Å². The molecule has 0 radical (unpaired) electrons. The van der Waals surface area contributed by atoms with Crippen LogP contribution in [0.3, 0.4) is 0 Å². The Kier molecular flexibility index (Phi) is 5.07. The SMILES string of the molecule is C[C@H]1[C@H](c2ccccc2)O[C@@H](c2[c-]cccc2)N1C.[Li+]. The number of benzene rings is 2. The van der Waals surface area contributed by atoms with Crippen molar-refractivity contribution in [3.63, 3.8) is 0 Å². The zero-order valence-corrected chi connectivity index (χ0v) is 12.3. The second kappa shape index (κ2) is 6.61. The summed E-state index contributed by atoms with van der Waals surface area (Å²) < 4.78 is 6.25. The van der Waals surface area contributed by atoms with Gasteiger partial charge in [0.2, 0.25) is 0 Å². The molecule has 1 saturated heterocycles. The van der Waals surface area contributed by atoms with Gasteiger partial charge in [0.15, 0.2) is 0 Å². The summed E-state index contributed by atoms with van der Waals surface area (Å²) in [5.74, 6) is 0. The molecule has 98 valence electrons. The maximum atomic E-state index is 6.25. The van der Waals surface area contributed by atoms with Gasteiger partial charge in [0.05, 0.1) is 0 Å². The summed E-state index contributed by atoms with van der Waals surface area (Å²) in [7, 11) is 2.11. The van der Waals surface area contributed by atoms with Crippen molar-refractivity contribution in [1.29, 1.82) is 0 Å². The van der Waals surface area contributed by atoms with Gasteiger partial charge in [-0.15, -0.1) is 5.56 Å². The van der Waals surface area contributed by atoms with Gasteiger partial charge in [-0.3, -0.25) is 4.90 Å². The van der Waals surface area contributed by atoms with E-state index in [0.717, 1.165) is 5.56 Å². The van der Waals surface area contributed by atoms with Crippen molar-refractivity contribution >= 4 is 0 Å². The van der Waals surface area contributed by atoms with Crippen molar-refractivity contribution in [3.8, 4) is 0 Å². The first kappa shape index (κ1) is 15.3. The van der Waals surface area contributed by atoms with E-state index in [1.165, 1.54) is 5.56 Å². The molecule has 0 saturated carbocycles. The average Bonchev–Trinajstić information content (AvgIpc) is 2.77. The Balaban J connectivity index is 0.00000147. The number of nitrogens with zero attached hydrogens (tertiary/aromatic N) is 1. The van der Waals surface area contributed by atoms with Gasteiger partial charge in [-0.2, -0.15) is 30.3 Å². The topological polar surface area (TPSA) is 12.5 Å². The van der Waals surface area contributed by atoms with E-state index in [9.17, 15) is 0 Å². The average molecular weight is 259 g/mol. The molecule has 1 aliphatic heterocycles. The quantitative estimate of drug-likeness (QED) is 0.578. The fraction of sp³-hybridized carbons (Fsp3) is 0.294. The van der Waals surface area contributed by atoms with Crippen LogP contribution in [0.1, 0.15) is 30.4 Å². The summed E-state index contributed by atoms with van der Waals surface area (Å²) in [4.78, 5) is 2.27. The first-order valence-corrected chi connectivity index (χ1v) is 6.66. The normalized spacial score (nSPS) is 26.2. The summed E-state index contributed by atoms with van der Waals surface area (Å²) in [6.45, 7) is 2.21. The molecule has 3 atom stereocenters. The minimum Gasteiger partial charge on any atom is -0.352 e. The van der Waals surface area contributed by atoms with Crippen LogP contribution in [0.25, 0.3) is 0 Å². The van der Waals surface area contributed by atoms with Crippen LogP contribution in [-0.4, -0.2) is 18.0 Å². The molecule has 2 nitrogen and oxygen atoms in total. The van der Waals surface area contributed by atoms with Gasteiger partial charge in [-0.25, -0.2) is 0 Å². The Labute approximate surface area is 132 Å². The summed E-state index contributed by atoms with van der Waals surface area (Å²) in [5, 5.41) is 0. The Morgan fingerprint density at radius 1 is 1.05 bits per heavy atom. The molecule has 0 N–H and O–H groups in total. The molecule has 0 unspecified atom stereocenters. The zero-order valence-electron chi connectivity index (χ0n) is 12.3. The van der Waals surface area contributed by atoms with E-state index >= 15 is 0 Å². The van der Waals surface area contributed by atoms with E-state index in [1.54, 1.807) is 0 Å². The van der Waals surface area contributed by atoms with Crippen molar-refractivity contribution in [2.75, 3.05) is 7.05 Å². The molecule has 2 aromatic carbocycles. The molecular weight excluding hydrogens is 241 g/mol. The third-order valence-electron chi connectivity index (χ3n) is 3.85. The number of hydrogen-bond donors (Lipinski definition) is 0. The van der Waals surface area contributed by atoms with E-state index in [-0.39, 0.29) is 31.2 Å². The van der Waals surface area contributed by atoms with E-state index in [4.69, 9.17) is 4.74 Å². The molecule has 0 amide bonds. The summed E-state index contributed by atoms with van der Waals surface area (Å²) in [6.07, 6.45) is 0.103. The molecular formula is C17H18LiNO. The number of ether oxygens (including phenoxy) is 1. The van der Waals surface area contributed by atoms with Crippen molar-refractivity contribution < 1.29 is 23.6 Å². The van der Waals surface area contributed by atoms with Gasteiger partial charge in [-0.1, -0.05) is 30.3 Å². The first-order valence-electron chi connectivity index (χ1n) is 6.66. The predicted molar refractivity (Wildman–Crippen MR) is 75.5 cm³/mol. The van der Waals surface area contributed by atoms with Gasteiger partial charge >= 0.3 is 18.9 Å². The number of hydrogen-bond acceptors (Lipinski definition) is 2. The van der Waals surface area contributed by atoms with E-state index in [0.29, 0.717) is 6.04 Å². The van der Waals surface area contributed by atoms with Gasteiger partial charge in [0.25, 0.3) is 0 Å². The van der Waals surface area contributed by atoms with Gasteiger partial charge in [0.1, 0.15) is 12.3 Å². The predicted octanol–water partition coefficient (Wildman–Crippen LogP) is 0.581. The molecule has 20 heavy (non-hydrogen) atoms. The van der Waals surface area contributed by atoms with E-state index in [1.807, 2.05) is 24.3 Å². The minimum absolute atomic E-state index is 0. The van der Waals surface area contributed by atoms with Crippen molar-refractivity contribution in [2.24, 2.45) is 0 Å². The first-order chi connectivity index (χ1) is 9.27. The maximum absolute atomic E-state index is 6.25. The summed E-state index contributed by atoms with van der Waals surface area (Å²) >= 11 is 0. The molecule has 0 bridgehead atoms. The molecule has 1 fully saturated rings. The molecule has 0 aromatic heterocycles. The summed E-state index contributed by atoms with van der Waals surface area (Å²) in [6, 6.07) is 22.1. The second-order valence-corrected chi connectivity index (χ2v) is 5.04. The zero-order chi connectivity index (χ0) is 13.2.